The fourth-order valence-electron chi connectivity index (χ4n) is 4.39. The van der Waals surface area contributed by atoms with Gasteiger partial charge in [-0.1, -0.05) is 24.3 Å². The van der Waals surface area contributed by atoms with Crippen LogP contribution in [0.3, 0.4) is 0 Å². The van der Waals surface area contributed by atoms with Gasteiger partial charge >= 0.3 is 0 Å². The zero-order chi connectivity index (χ0) is 15.4. The highest BCUT2D eigenvalue weighted by Gasteiger charge is 2.51. The van der Waals surface area contributed by atoms with Crippen molar-refractivity contribution in [1.29, 1.82) is 0 Å². The molecular weight excluding hydrogens is 292 g/mol. The Morgan fingerprint density at radius 3 is 2.65 bits per heavy atom. The Morgan fingerprint density at radius 1 is 1.09 bits per heavy atom. The zero-order valence-electron chi connectivity index (χ0n) is 12.7. The number of fused-ring (bicyclic) bond motifs is 4. The van der Waals surface area contributed by atoms with Crippen LogP contribution >= 0.6 is 0 Å². The SMILES string of the molecule is O=c1c(C2OCC3(CO2)CC2C=CC3C2)coc2ccccc12. The predicted octanol–water partition coefficient (Wildman–Crippen LogP) is 3.42. The molecule has 0 N–H and O–H groups in total. The molecular formula is C19H18O4. The zero-order valence-corrected chi connectivity index (χ0v) is 12.7. The second-order valence-electron chi connectivity index (χ2n) is 7.02. The van der Waals surface area contributed by atoms with E-state index >= 15 is 0 Å². The van der Waals surface area contributed by atoms with E-state index in [0.29, 0.717) is 41.6 Å². The molecule has 1 aromatic heterocycles. The van der Waals surface area contributed by atoms with Gasteiger partial charge in [-0.15, -0.1) is 0 Å². The summed E-state index contributed by atoms with van der Waals surface area (Å²) >= 11 is 0. The van der Waals surface area contributed by atoms with Crippen molar-refractivity contribution in [2.24, 2.45) is 17.3 Å². The van der Waals surface area contributed by atoms with Gasteiger partial charge < -0.3 is 13.9 Å². The smallest absolute Gasteiger partial charge is 0.200 e. The Bertz CT molecular complexity index is 842. The molecule has 2 heterocycles. The molecule has 2 atom stereocenters. The van der Waals surface area contributed by atoms with Gasteiger partial charge in [-0.05, 0) is 36.8 Å². The molecule has 1 aromatic carbocycles. The second-order valence-corrected chi connectivity index (χ2v) is 7.02. The first-order chi connectivity index (χ1) is 11.3. The summed E-state index contributed by atoms with van der Waals surface area (Å²) in [5.74, 6) is 1.23. The van der Waals surface area contributed by atoms with Gasteiger partial charge in [0.05, 0.1) is 24.2 Å². The third-order valence-corrected chi connectivity index (χ3v) is 5.63. The van der Waals surface area contributed by atoms with Crippen molar-refractivity contribution in [3.8, 4) is 0 Å². The van der Waals surface area contributed by atoms with Crippen LogP contribution in [0.4, 0.5) is 0 Å². The molecule has 1 saturated carbocycles. The van der Waals surface area contributed by atoms with Crippen molar-refractivity contribution in [3.05, 3.63) is 58.5 Å². The first-order valence-electron chi connectivity index (χ1n) is 8.17. The first kappa shape index (κ1) is 13.5. The van der Waals surface area contributed by atoms with Crippen LogP contribution in [0.25, 0.3) is 11.0 Å². The van der Waals surface area contributed by atoms with Gasteiger partial charge in [0.2, 0.25) is 5.43 Å². The lowest BCUT2D eigenvalue weighted by Crippen LogP contribution is -2.42. The number of ether oxygens (including phenoxy) is 2. The molecule has 4 heteroatoms. The third kappa shape index (κ3) is 1.95. The lowest BCUT2D eigenvalue weighted by Gasteiger charge is -2.41. The fourth-order valence-corrected chi connectivity index (χ4v) is 4.39. The minimum absolute atomic E-state index is 0.0689. The molecule has 2 unspecified atom stereocenters. The monoisotopic (exact) mass is 310 g/mol. The number of hydrogen-bond acceptors (Lipinski definition) is 4. The highest BCUT2D eigenvalue weighted by atomic mass is 16.7. The molecule has 4 nitrogen and oxygen atoms in total. The molecule has 0 radical (unpaired) electrons. The van der Waals surface area contributed by atoms with E-state index in [0.717, 1.165) is 6.42 Å². The van der Waals surface area contributed by atoms with Crippen molar-refractivity contribution in [3.63, 3.8) is 0 Å². The van der Waals surface area contributed by atoms with E-state index < -0.39 is 6.29 Å². The average Bonchev–Trinajstić information content (AvgIpc) is 3.18. The van der Waals surface area contributed by atoms with Gasteiger partial charge in [0, 0.05) is 5.41 Å². The number of para-hydroxylation sites is 1. The van der Waals surface area contributed by atoms with E-state index in [1.54, 1.807) is 12.1 Å². The lowest BCUT2D eigenvalue weighted by molar-refractivity contribution is -0.240. The molecule has 1 aliphatic heterocycles. The maximum atomic E-state index is 12.6. The Labute approximate surface area is 133 Å². The molecule has 1 spiro atoms. The van der Waals surface area contributed by atoms with E-state index in [2.05, 4.69) is 12.2 Å². The average molecular weight is 310 g/mol. The Kier molecular flexibility index (Phi) is 2.82. The summed E-state index contributed by atoms with van der Waals surface area (Å²) in [7, 11) is 0. The largest absolute Gasteiger partial charge is 0.464 e. The quantitative estimate of drug-likeness (QED) is 0.757. The molecule has 2 bridgehead atoms. The number of allylic oxidation sites excluding steroid dienone is 2. The van der Waals surface area contributed by atoms with Crippen molar-refractivity contribution in [2.75, 3.05) is 13.2 Å². The fraction of sp³-hybridized carbons (Fsp3) is 0.421. The summed E-state index contributed by atoms with van der Waals surface area (Å²) in [6, 6.07) is 7.25. The molecule has 5 rings (SSSR count). The highest BCUT2D eigenvalue weighted by Crippen LogP contribution is 2.54. The van der Waals surface area contributed by atoms with E-state index in [1.807, 2.05) is 12.1 Å². The topological polar surface area (TPSA) is 48.7 Å². The van der Waals surface area contributed by atoms with Gasteiger partial charge in [-0.25, -0.2) is 0 Å². The van der Waals surface area contributed by atoms with Crippen LogP contribution in [0, 0.1) is 17.3 Å². The van der Waals surface area contributed by atoms with Crippen LogP contribution in [0.15, 0.2) is 51.9 Å². The summed E-state index contributed by atoms with van der Waals surface area (Å²) in [6.07, 6.45) is 7.84. The first-order valence-corrected chi connectivity index (χ1v) is 8.17. The summed E-state index contributed by atoms with van der Waals surface area (Å²) in [6.45, 7) is 1.30. The molecule has 23 heavy (non-hydrogen) atoms. The lowest BCUT2D eigenvalue weighted by atomic mass is 9.76. The third-order valence-electron chi connectivity index (χ3n) is 5.63. The molecule has 2 aromatic rings. The van der Waals surface area contributed by atoms with Crippen molar-refractivity contribution >= 4 is 11.0 Å². The number of hydrogen-bond donors (Lipinski definition) is 0. The van der Waals surface area contributed by atoms with Crippen LogP contribution in [0.5, 0.6) is 0 Å². The summed E-state index contributed by atoms with van der Waals surface area (Å²) < 4.78 is 17.5. The molecule has 2 fully saturated rings. The normalized spacial score (nSPS) is 35.4. The molecule has 118 valence electrons. The molecule has 1 saturated heterocycles. The van der Waals surface area contributed by atoms with Crippen molar-refractivity contribution < 1.29 is 13.9 Å². The Morgan fingerprint density at radius 2 is 1.91 bits per heavy atom. The maximum Gasteiger partial charge on any atom is 0.200 e. The van der Waals surface area contributed by atoms with Gasteiger partial charge in [0.25, 0.3) is 0 Å². The highest BCUT2D eigenvalue weighted by molar-refractivity contribution is 5.76. The predicted molar refractivity (Wildman–Crippen MR) is 84.9 cm³/mol. The minimum atomic E-state index is -0.621. The number of rotatable bonds is 1. The van der Waals surface area contributed by atoms with Crippen LogP contribution < -0.4 is 5.43 Å². The van der Waals surface area contributed by atoms with Gasteiger partial charge in [0.15, 0.2) is 6.29 Å². The van der Waals surface area contributed by atoms with Crippen molar-refractivity contribution in [2.45, 2.75) is 19.1 Å². The van der Waals surface area contributed by atoms with E-state index in [1.165, 1.54) is 12.7 Å². The number of benzene rings is 1. The van der Waals surface area contributed by atoms with Gasteiger partial charge in [-0.3, -0.25) is 4.79 Å². The standard InChI is InChI=1S/C19H18O4/c20-17-14-3-1-2-4-16(14)21-9-15(17)18-22-10-19(11-23-18)8-12-5-6-13(19)7-12/h1-6,9,12-13,18H,7-8,10-11H2. The van der Waals surface area contributed by atoms with Crippen LogP contribution in [-0.2, 0) is 9.47 Å². The minimum Gasteiger partial charge on any atom is -0.464 e. The molecule has 3 aliphatic rings. The Hall–Kier alpha value is -1.91. The Balaban J connectivity index is 1.43. The van der Waals surface area contributed by atoms with Gasteiger partial charge in [0.1, 0.15) is 11.8 Å². The van der Waals surface area contributed by atoms with E-state index in [-0.39, 0.29) is 10.8 Å². The van der Waals surface area contributed by atoms with Crippen molar-refractivity contribution in [1.82, 2.24) is 0 Å². The summed E-state index contributed by atoms with van der Waals surface area (Å²) in [5, 5.41) is 0.570. The maximum absolute atomic E-state index is 12.6. The molecule has 2 aliphatic carbocycles. The van der Waals surface area contributed by atoms with E-state index in [9.17, 15) is 4.79 Å². The second kappa shape index (κ2) is 4.79. The van der Waals surface area contributed by atoms with E-state index in [4.69, 9.17) is 13.9 Å². The summed E-state index contributed by atoms with van der Waals surface area (Å²) in [5.41, 5.74) is 1.08. The van der Waals surface area contributed by atoms with Gasteiger partial charge in [-0.2, -0.15) is 0 Å². The van der Waals surface area contributed by atoms with Crippen LogP contribution in [0.2, 0.25) is 0 Å². The molecule has 0 amide bonds. The van der Waals surface area contributed by atoms with Crippen LogP contribution in [-0.4, -0.2) is 13.2 Å². The summed E-state index contributed by atoms with van der Waals surface area (Å²) in [4.78, 5) is 12.6. The van der Waals surface area contributed by atoms with Crippen LogP contribution in [0.1, 0.15) is 24.7 Å².